The van der Waals surface area contributed by atoms with Gasteiger partial charge in [0.15, 0.2) is 0 Å². The summed E-state index contributed by atoms with van der Waals surface area (Å²) >= 11 is 0. The molecule has 0 unspecified atom stereocenters. The van der Waals surface area contributed by atoms with E-state index >= 15 is 0 Å². The zero-order valence-corrected chi connectivity index (χ0v) is 11.7. The topological polar surface area (TPSA) is 33.5 Å². The predicted molar refractivity (Wildman–Crippen MR) is 74.0 cm³/mol. The monoisotopic (exact) mass is 249 g/mol. The second-order valence-electron chi connectivity index (χ2n) is 5.38. The molecular formula is C15H23NO2. The highest BCUT2D eigenvalue weighted by Gasteiger charge is 2.13. The molecule has 0 bridgehead atoms. The molecule has 18 heavy (non-hydrogen) atoms. The zero-order chi connectivity index (χ0) is 13.5. The molecule has 1 amide bonds. The summed E-state index contributed by atoms with van der Waals surface area (Å²) in [5.74, 6) is 1.71. The van der Waals surface area contributed by atoms with Crippen LogP contribution in [-0.4, -0.2) is 23.9 Å². The van der Waals surface area contributed by atoms with E-state index in [9.17, 15) is 4.79 Å². The van der Waals surface area contributed by atoms with E-state index in [0.717, 1.165) is 13.1 Å². The van der Waals surface area contributed by atoms with E-state index in [-0.39, 0.29) is 5.91 Å². The molecule has 1 aromatic heterocycles. The van der Waals surface area contributed by atoms with Crippen molar-refractivity contribution >= 4 is 12.0 Å². The van der Waals surface area contributed by atoms with Gasteiger partial charge in [-0.05, 0) is 30.0 Å². The van der Waals surface area contributed by atoms with E-state index in [1.165, 1.54) is 0 Å². The van der Waals surface area contributed by atoms with Crippen molar-refractivity contribution in [2.75, 3.05) is 13.1 Å². The van der Waals surface area contributed by atoms with E-state index in [1.807, 2.05) is 17.0 Å². The Labute approximate surface area is 109 Å². The Morgan fingerprint density at radius 3 is 2.33 bits per heavy atom. The molecule has 0 N–H and O–H groups in total. The Kier molecular flexibility index (Phi) is 5.69. The molecule has 0 radical (unpaired) electrons. The second kappa shape index (κ2) is 7.04. The largest absolute Gasteiger partial charge is 0.465 e. The average Bonchev–Trinajstić information content (AvgIpc) is 2.76. The number of carbonyl (C=O) groups is 1. The lowest BCUT2D eigenvalue weighted by atomic mass is 10.1. The first-order valence-corrected chi connectivity index (χ1v) is 6.49. The van der Waals surface area contributed by atoms with Crippen molar-refractivity contribution in [3.05, 3.63) is 30.2 Å². The van der Waals surface area contributed by atoms with E-state index in [0.29, 0.717) is 17.6 Å². The maximum atomic E-state index is 12.1. The fourth-order valence-corrected chi connectivity index (χ4v) is 1.78. The van der Waals surface area contributed by atoms with E-state index < -0.39 is 0 Å². The van der Waals surface area contributed by atoms with Crippen LogP contribution in [0.5, 0.6) is 0 Å². The van der Waals surface area contributed by atoms with Crippen LogP contribution < -0.4 is 0 Å². The molecular weight excluding hydrogens is 226 g/mol. The molecule has 3 heteroatoms. The van der Waals surface area contributed by atoms with Crippen LogP contribution in [0, 0.1) is 11.8 Å². The Balaban J connectivity index is 2.63. The van der Waals surface area contributed by atoms with Crippen LogP contribution >= 0.6 is 0 Å². The number of furan rings is 1. The van der Waals surface area contributed by atoms with Crippen LogP contribution in [0.3, 0.4) is 0 Å². The van der Waals surface area contributed by atoms with Crippen molar-refractivity contribution in [3.63, 3.8) is 0 Å². The van der Waals surface area contributed by atoms with Gasteiger partial charge in [0.2, 0.25) is 5.91 Å². The number of hydrogen-bond acceptors (Lipinski definition) is 2. The summed E-state index contributed by atoms with van der Waals surface area (Å²) in [6, 6.07) is 3.64. The highest BCUT2D eigenvalue weighted by molar-refractivity contribution is 5.91. The van der Waals surface area contributed by atoms with Gasteiger partial charge in [-0.25, -0.2) is 0 Å². The lowest BCUT2D eigenvalue weighted by Gasteiger charge is -2.25. The van der Waals surface area contributed by atoms with Crippen LogP contribution in [0.1, 0.15) is 33.5 Å². The number of rotatable bonds is 6. The molecule has 1 rings (SSSR count). The van der Waals surface area contributed by atoms with Crippen molar-refractivity contribution in [3.8, 4) is 0 Å². The maximum Gasteiger partial charge on any atom is 0.246 e. The van der Waals surface area contributed by atoms with Crippen LogP contribution in [0.25, 0.3) is 6.08 Å². The maximum absolute atomic E-state index is 12.1. The minimum Gasteiger partial charge on any atom is -0.465 e. The molecule has 100 valence electrons. The summed E-state index contributed by atoms with van der Waals surface area (Å²) in [5, 5.41) is 0. The summed E-state index contributed by atoms with van der Waals surface area (Å²) in [6.45, 7) is 10.1. The first kappa shape index (κ1) is 14.6. The van der Waals surface area contributed by atoms with Gasteiger partial charge in [-0.15, -0.1) is 0 Å². The predicted octanol–water partition coefficient (Wildman–Crippen LogP) is 3.43. The van der Waals surface area contributed by atoms with Gasteiger partial charge in [0, 0.05) is 19.2 Å². The Hall–Kier alpha value is -1.51. The summed E-state index contributed by atoms with van der Waals surface area (Å²) in [7, 11) is 0. The van der Waals surface area contributed by atoms with E-state index in [1.54, 1.807) is 18.4 Å². The number of hydrogen-bond donors (Lipinski definition) is 0. The molecule has 0 saturated heterocycles. The molecule has 0 saturated carbocycles. The molecule has 0 atom stereocenters. The van der Waals surface area contributed by atoms with Gasteiger partial charge in [-0.1, -0.05) is 27.7 Å². The third-order valence-electron chi connectivity index (χ3n) is 2.42. The molecule has 0 aliphatic heterocycles. The quantitative estimate of drug-likeness (QED) is 0.724. The third kappa shape index (κ3) is 5.21. The molecule has 0 aliphatic carbocycles. The smallest absolute Gasteiger partial charge is 0.246 e. The molecule has 3 nitrogen and oxygen atoms in total. The molecule has 0 fully saturated rings. The lowest BCUT2D eigenvalue weighted by molar-refractivity contribution is -0.127. The summed E-state index contributed by atoms with van der Waals surface area (Å²) in [5.41, 5.74) is 0. The zero-order valence-electron chi connectivity index (χ0n) is 11.7. The van der Waals surface area contributed by atoms with Crippen LogP contribution in [0.15, 0.2) is 28.9 Å². The fourth-order valence-electron chi connectivity index (χ4n) is 1.78. The number of amides is 1. The van der Waals surface area contributed by atoms with Crippen molar-refractivity contribution in [1.82, 2.24) is 4.90 Å². The first-order valence-electron chi connectivity index (χ1n) is 6.49. The molecule has 1 heterocycles. The van der Waals surface area contributed by atoms with Crippen molar-refractivity contribution < 1.29 is 9.21 Å². The standard InChI is InChI=1S/C15H23NO2/c1-12(2)10-16(11-13(3)4)15(17)8-7-14-6-5-9-18-14/h5-9,12-13H,10-11H2,1-4H3/b8-7+. The van der Waals surface area contributed by atoms with Gasteiger partial charge in [0.05, 0.1) is 6.26 Å². The highest BCUT2D eigenvalue weighted by atomic mass is 16.3. The number of nitrogens with zero attached hydrogens (tertiary/aromatic N) is 1. The van der Waals surface area contributed by atoms with Crippen molar-refractivity contribution in [2.24, 2.45) is 11.8 Å². The Morgan fingerprint density at radius 1 is 1.28 bits per heavy atom. The number of carbonyl (C=O) groups excluding carboxylic acids is 1. The molecule has 0 aliphatic rings. The van der Waals surface area contributed by atoms with Crippen molar-refractivity contribution in [2.45, 2.75) is 27.7 Å². The van der Waals surface area contributed by atoms with E-state index in [2.05, 4.69) is 27.7 Å². The van der Waals surface area contributed by atoms with Crippen LogP contribution in [-0.2, 0) is 4.79 Å². The third-order valence-corrected chi connectivity index (χ3v) is 2.42. The minimum atomic E-state index is 0.0498. The summed E-state index contributed by atoms with van der Waals surface area (Å²) < 4.78 is 5.17. The highest BCUT2D eigenvalue weighted by Crippen LogP contribution is 2.07. The van der Waals surface area contributed by atoms with Crippen LogP contribution in [0.4, 0.5) is 0 Å². The van der Waals surface area contributed by atoms with Crippen LogP contribution in [0.2, 0.25) is 0 Å². The minimum absolute atomic E-state index is 0.0498. The summed E-state index contributed by atoms with van der Waals surface area (Å²) in [6.07, 6.45) is 4.91. The van der Waals surface area contributed by atoms with Gasteiger partial charge >= 0.3 is 0 Å². The lowest BCUT2D eigenvalue weighted by Crippen LogP contribution is -2.35. The Bertz CT molecular complexity index is 367. The van der Waals surface area contributed by atoms with E-state index in [4.69, 9.17) is 4.42 Å². The fraction of sp³-hybridized carbons (Fsp3) is 0.533. The SMILES string of the molecule is CC(C)CN(CC(C)C)C(=O)/C=C/c1ccco1. The second-order valence-corrected chi connectivity index (χ2v) is 5.38. The molecule has 0 aromatic carbocycles. The molecule has 1 aromatic rings. The van der Waals surface area contributed by atoms with Crippen molar-refractivity contribution in [1.29, 1.82) is 0 Å². The molecule has 0 spiro atoms. The van der Waals surface area contributed by atoms with Gasteiger partial charge in [0.1, 0.15) is 5.76 Å². The van der Waals surface area contributed by atoms with Gasteiger partial charge in [-0.2, -0.15) is 0 Å². The Morgan fingerprint density at radius 2 is 1.89 bits per heavy atom. The normalized spacial score (nSPS) is 11.7. The first-order chi connectivity index (χ1) is 8.49. The summed E-state index contributed by atoms with van der Waals surface area (Å²) in [4.78, 5) is 14.0. The van der Waals surface area contributed by atoms with Gasteiger partial charge in [0.25, 0.3) is 0 Å². The van der Waals surface area contributed by atoms with Gasteiger partial charge < -0.3 is 9.32 Å². The average molecular weight is 249 g/mol. The van der Waals surface area contributed by atoms with Gasteiger partial charge in [-0.3, -0.25) is 4.79 Å².